The van der Waals surface area contributed by atoms with E-state index in [4.69, 9.17) is 0 Å². The van der Waals surface area contributed by atoms with E-state index in [-0.39, 0.29) is 5.56 Å². The Balaban J connectivity index is 2.33. The van der Waals surface area contributed by atoms with Crippen LogP contribution in [0.4, 0.5) is 4.39 Å². The van der Waals surface area contributed by atoms with Crippen molar-refractivity contribution in [1.82, 2.24) is 5.32 Å². The maximum absolute atomic E-state index is 14.0. The maximum Gasteiger partial charge on any atom is 0.328 e. The van der Waals surface area contributed by atoms with Crippen LogP contribution in [0.15, 0.2) is 40.2 Å². The van der Waals surface area contributed by atoms with E-state index in [0.29, 0.717) is 11.0 Å². The normalized spacial score (nSPS) is 13.9. The quantitative estimate of drug-likeness (QED) is 0.856. The molecular weight excluding hydrogens is 345 g/mol. The molecule has 0 spiro atoms. The Morgan fingerprint density at radius 3 is 2.85 bits per heavy atom. The summed E-state index contributed by atoms with van der Waals surface area (Å²) in [5.41, 5.74) is -1.38. The fraction of sp³-hybridized carbons (Fsp3) is 0.214. The lowest BCUT2D eigenvalue weighted by molar-refractivity contribution is -0.144. The van der Waals surface area contributed by atoms with Crippen molar-refractivity contribution in [1.29, 1.82) is 0 Å². The number of benzene rings is 1. The van der Waals surface area contributed by atoms with Crippen LogP contribution in [0.25, 0.3) is 0 Å². The van der Waals surface area contributed by atoms with Crippen LogP contribution in [0.1, 0.15) is 17.4 Å². The highest BCUT2D eigenvalue weighted by Gasteiger charge is 2.37. The van der Waals surface area contributed by atoms with Crippen LogP contribution in [-0.2, 0) is 16.9 Å². The van der Waals surface area contributed by atoms with Gasteiger partial charge >= 0.3 is 5.97 Å². The highest BCUT2D eigenvalue weighted by Crippen LogP contribution is 2.28. The summed E-state index contributed by atoms with van der Waals surface area (Å²) >= 11 is 4.76. The smallest absolute Gasteiger partial charge is 0.328 e. The van der Waals surface area contributed by atoms with E-state index < -0.39 is 17.3 Å². The van der Waals surface area contributed by atoms with Crippen LogP contribution in [0.3, 0.4) is 0 Å². The number of carbonyl (C=O) groups is 1. The lowest BCUT2D eigenvalue weighted by atomic mass is 9.91. The van der Waals surface area contributed by atoms with Gasteiger partial charge in [-0.1, -0.05) is 22.0 Å². The van der Waals surface area contributed by atoms with Gasteiger partial charge in [0.15, 0.2) is 0 Å². The SMILES string of the molecule is CC(NCc1cccs1)(C(=O)O)c1cc(Br)ccc1F. The highest BCUT2D eigenvalue weighted by molar-refractivity contribution is 9.10. The lowest BCUT2D eigenvalue weighted by Crippen LogP contribution is -2.46. The van der Waals surface area contributed by atoms with E-state index in [9.17, 15) is 14.3 Å². The Bertz CT molecular complexity index is 618. The van der Waals surface area contributed by atoms with Gasteiger partial charge in [-0.3, -0.25) is 5.32 Å². The molecule has 2 aromatic rings. The lowest BCUT2D eigenvalue weighted by Gasteiger charge is -2.27. The number of nitrogens with one attached hydrogen (secondary N) is 1. The molecule has 1 unspecified atom stereocenters. The molecule has 2 rings (SSSR count). The molecule has 0 fully saturated rings. The van der Waals surface area contributed by atoms with Gasteiger partial charge in [0.2, 0.25) is 0 Å². The predicted octanol–water partition coefficient (Wildman–Crippen LogP) is 3.74. The Hall–Kier alpha value is -1.24. The van der Waals surface area contributed by atoms with Gasteiger partial charge in [-0.15, -0.1) is 11.3 Å². The zero-order chi connectivity index (χ0) is 14.8. The van der Waals surface area contributed by atoms with Gasteiger partial charge in [-0.05, 0) is 36.6 Å². The zero-order valence-electron chi connectivity index (χ0n) is 10.7. The summed E-state index contributed by atoms with van der Waals surface area (Å²) in [5, 5.41) is 14.3. The minimum Gasteiger partial charge on any atom is -0.480 e. The van der Waals surface area contributed by atoms with E-state index in [1.165, 1.54) is 30.4 Å². The molecule has 20 heavy (non-hydrogen) atoms. The van der Waals surface area contributed by atoms with E-state index >= 15 is 0 Å². The molecule has 0 radical (unpaired) electrons. The predicted molar refractivity (Wildman–Crippen MR) is 80.2 cm³/mol. The van der Waals surface area contributed by atoms with Gasteiger partial charge in [0.05, 0.1) is 0 Å². The van der Waals surface area contributed by atoms with Crippen molar-refractivity contribution in [2.24, 2.45) is 0 Å². The summed E-state index contributed by atoms with van der Waals surface area (Å²) in [6, 6.07) is 8.08. The van der Waals surface area contributed by atoms with Gasteiger partial charge < -0.3 is 5.11 Å². The van der Waals surface area contributed by atoms with E-state index in [0.717, 1.165) is 4.88 Å². The summed E-state index contributed by atoms with van der Waals surface area (Å²) in [5.74, 6) is -1.66. The minimum atomic E-state index is -1.49. The number of hydrogen-bond donors (Lipinski definition) is 2. The first-order chi connectivity index (χ1) is 9.43. The molecular formula is C14H13BrFNO2S. The first-order valence-electron chi connectivity index (χ1n) is 5.90. The number of rotatable bonds is 5. The molecule has 0 amide bonds. The van der Waals surface area contributed by atoms with Crippen LogP contribution in [0, 0.1) is 5.82 Å². The largest absolute Gasteiger partial charge is 0.480 e. The van der Waals surface area contributed by atoms with Crippen LogP contribution in [0.5, 0.6) is 0 Å². The first-order valence-corrected chi connectivity index (χ1v) is 7.57. The van der Waals surface area contributed by atoms with Crippen molar-refractivity contribution in [3.63, 3.8) is 0 Å². The molecule has 0 saturated heterocycles. The molecule has 0 aliphatic rings. The van der Waals surface area contributed by atoms with Crippen LogP contribution < -0.4 is 5.32 Å². The van der Waals surface area contributed by atoms with Crippen LogP contribution in [0.2, 0.25) is 0 Å². The van der Waals surface area contributed by atoms with Gasteiger partial charge in [0.1, 0.15) is 11.4 Å². The van der Waals surface area contributed by atoms with Gasteiger partial charge in [-0.2, -0.15) is 0 Å². The molecule has 0 aliphatic carbocycles. The molecule has 1 aromatic carbocycles. The summed E-state index contributed by atoms with van der Waals surface area (Å²) in [4.78, 5) is 12.6. The summed E-state index contributed by atoms with van der Waals surface area (Å²) in [6.07, 6.45) is 0. The molecule has 1 heterocycles. The maximum atomic E-state index is 14.0. The van der Waals surface area contributed by atoms with E-state index in [1.807, 2.05) is 17.5 Å². The Kier molecular flexibility index (Phi) is 4.57. The van der Waals surface area contributed by atoms with Gasteiger partial charge in [0, 0.05) is 21.5 Å². The third-order valence-corrected chi connectivity index (χ3v) is 4.46. The Morgan fingerprint density at radius 2 is 2.25 bits per heavy atom. The second-order valence-electron chi connectivity index (χ2n) is 4.49. The third-order valence-electron chi connectivity index (χ3n) is 3.09. The second kappa shape index (κ2) is 6.03. The zero-order valence-corrected chi connectivity index (χ0v) is 13.1. The average Bonchev–Trinajstić information content (AvgIpc) is 2.92. The van der Waals surface area contributed by atoms with Crippen molar-refractivity contribution in [3.05, 3.63) is 56.4 Å². The monoisotopic (exact) mass is 357 g/mol. The molecule has 0 aliphatic heterocycles. The number of thiophene rings is 1. The number of hydrogen-bond acceptors (Lipinski definition) is 3. The molecule has 2 N–H and O–H groups in total. The Morgan fingerprint density at radius 1 is 1.50 bits per heavy atom. The van der Waals surface area contributed by atoms with Crippen LogP contribution >= 0.6 is 27.3 Å². The van der Waals surface area contributed by atoms with Crippen molar-refractivity contribution in [2.75, 3.05) is 0 Å². The number of halogens is 2. The highest BCUT2D eigenvalue weighted by atomic mass is 79.9. The molecule has 6 heteroatoms. The van der Waals surface area contributed by atoms with Crippen LogP contribution in [-0.4, -0.2) is 11.1 Å². The molecule has 1 atom stereocenters. The van der Waals surface area contributed by atoms with E-state index in [2.05, 4.69) is 21.2 Å². The van der Waals surface area contributed by atoms with Crippen molar-refractivity contribution >= 4 is 33.2 Å². The third kappa shape index (κ3) is 3.08. The fourth-order valence-corrected chi connectivity index (χ4v) is 2.85. The molecule has 0 bridgehead atoms. The molecule has 1 aromatic heterocycles. The molecule has 106 valence electrons. The summed E-state index contributed by atoms with van der Waals surface area (Å²) < 4.78 is 14.6. The van der Waals surface area contributed by atoms with Crippen molar-refractivity contribution in [3.8, 4) is 0 Å². The average molecular weight is 358 g/mol. The van der Waals surface area contributed by atoms with Gasteiger partial charge in [-0.25, -0.2) is 9.18 Å². The van der Waals surface area contributed by atoms with E-state index in [1.54, 1.807) is 6.07 Å². The van der Waals surface area contributed by atoms with Gasteiger partial charge in [0.25, 0.3) is 0 Å². The second-order valence-corrected chi connectivity index (χ2v) is 6.44. The minimum absolute atomic E-state index is 0.107. The summed E-state index contributed by atoms with van der Waals surface area (Å²) in [6.45, 7) is 1.83. The molecule has 0 saturated carbocycles. The Labute approximate surface area is 128 Å². The first kappa shape index (κ1) is 15.2. The van der Waals surface area contributed by atoms with Crippen molar-refractivity contribution in [2.45, 2.75) is 19.0 Å². The number of carboxylic acids is 1. The standard InChI is InChI=1S/C14H13BrFNO2S/c1-14(13(18)19,17-8-10-3-2-6-20-10)11-7-9(15)4-5-12(11)16/h2-7,17H,8H2,1H3,(H,18,19). The number of aliphatic carboxylic acids is 1. The summed E-state index contributed by atoms with van der Waals surface area (Å²) in [7, 11) is 0. The fourth-order valence-electron chi connectivity index (χ4n) is 1.84. The van der Waals surface area contributed by atoms with Crippen molar-refractivity contribution < 1.29 is 14.3 Å². The molecule has 3 nitrogen and oxygen atoms in total. The topological polar surface area (TPSA) is 49.3 Å². The number of carboxylic acid groups (broad SMARTS) is 1.